The van der Waals surface area contributed by atoms with Gasteiger partial charge in [-0.3, -0.25) is 9.89 Å². The van der Waals surface area contributed by atoms with Gasteiger partial charge in [-0.25, -0.2) is 9.59 Å². The second kappa shape index (κ2) is 4.47. The van der Waals surface area contributed by atoms with Gasteiger partial charge < -0.3 is 14.7 Å². The van der Waals surface area contributed by atoms with Crippen LogP contribution in [0, 0.1) is 0 Å². The third-order valence-electron chi connectivity index (χ3n) is 2.79. The van der Waals surface area contributed by atoms with Gasteiger partial charge in [-0.2, -0.15) is 5.10 Å². The zero-order valence-corrected chi connectivity index (χ0v) is 9.54. The Balaban J connectivity index is 1.94. The Labute approximate surface area is 102 Å². The number of hydrogen-bond acceptors (Lipinski definition) is 5. The fourth-order valence-corrected chi connectivity index (χ4v) is 1.71. The van der Waals surface area contributed by atoms with E-state index in [9.17, 15) is 14.4 Å². The van der Waals surface area contributed by atoms with E-state index in [1.165, 1.54) is 11.0 Å². The lowest BCUT2D eigenvalue weighted by Gasteiger charge is -2.37. The average Bonchev–Trinajstić information content (AvgIpc) is 2.75. The first-order chi connectivity index (χ1) is 8.52. The normalized spacial score (nSPS) is 15.1. The summed E-state index contributed by atoms with van der Waals surface area (Å²) in [4.78, 5) is 34.3. The number of methoxy groups -OCH3 is 1. The molecule has 1 aromatic rings. The molecule has 0 atom stereocenters. The molecule has 1 saturated heterocycles. The summed E-state index contributed by atoms with van der Waals surface area (Å²) in [5, 5.41) is 14.9. The van der Waals surface area contributed by atoms with Crippen LogP contribution in [0.3, 0.4) is 0 Å². The Kier molecular flexibility index (Phi) is 3.00. The molecule has 1 fully saturated rings. The second-order valence-electron chi connectivity index (χ2n) is 3.91. The molecule has 1 amide bonds. The number of aromatic nitrogens is 2. The van der Waals surface area contributed by atoms with Gasteiger partial charge in [-0.05, 0) is 6.07 Å². The maximum absolute atomic E-state index is 11.4. The van der Waals surface area contributed by atoms with Crippen LogP contribution < -0.4 is 0 Å². The van der Waals surface area contributed by atoms with E-state index in [4.69, 9.17) is 5.11 Å². The number of carbonyl (C=O) groups excluding carboxylic acids is 2. The number of aromatic carboxylic acids is 1. The van der Waals surface area contributed by atoms with E-state index in [2.05, 4.69) is 14.9 Å². The Bertz CT molecular complexity index is 503. The number of nitrogens with one attached hydrogen (secondary N) is 1. The summed E-state index contributed by atoms with van der Waals surface area (Å²) in [6.07, 6.45) is 0. The monoisotopic (exact) mass is 253 g/mol. The van der Waals surface area contributed by atoms with Gasteiger partial charge in [0, 0.05) is 24.7 Å². The zero-order chi connectivity index (χ0) is 13.3. The van der Waals surface area contributed by atoms with Crippen molar-refractivity contribution in [3.05, 3.63) is 17.5 Å². The van der Waals surface area contributed by atoms with Crippen LogP contribution in [0.15, 0.2) is 6.07 Å². The van der Waals surface area contributed by atoms with Gasteiger partial charge in [0.15, 0.2) is 5.69 Å². The highest BCUT2D eigenvalue weighted by atomic mass is 16.5. The lowest BCUT2D eigenvalue weighted by atomic mass is 9.96. The van der Waals surface area contributed by atoms with Crippen molar-refractivity contribution in [1.82, 2.24) is 15.1 Å². The predicted molar refractivity (Wildman–Crippen MR) is 56.9 cm³/mol. The molecule has 2 rings (SSSR count). The zero-order valence-electron chi connectivity index (χ0n) is 9.54. The van der Waals surface area contributed by atoms with Crippen molar-refractivity contribution in [3.63, 3.8) is 0 Å². The summed E-state index contributed by atoms with van der Waals surface area (Å²) in [6.45, 7) is 0.685. The number of likely N-dealkylation sites (tertiary alicyclic amines) is 1. The minimum Gasteiger partial charge on any atom is -0.476 e. The maximum Gasteiger partial charge on any atom is 0.396 e. The number of esters is 1. The van der Waals surface area contributed by atoms with Crippen LogP contribution in [0.2, 0.25) is 0 Å². The Morgan fingerprint density at radius 3 is 2.67 bits per heavy atom. The molecule has 0 radical (unpaired) electrons. The molecular weight excluding hydrogens is 242 g/mol. The van der Waals surface area contributed by atoms with Gasteiger partial charge in [0.2, 0.25) is 0 Å². The molecule has 0 unspecified atom stereocenters. The maximum atomic E-state index is 11.4. The van der Waals surface area contributed by atoms with Gasteiger partial charge >= 0.3 is 17.8 Å². The molecule has 18 heavy (non-hydrogen) atoms. The number of carboxylic acids is 1. The number of H-pyrrole nitrogens is 1. The summed E-state index contributed by atoms with van der Waals surface area (Å²) in [7, 11) is 1.14. The molecule has 8 heteroatoms. The van der Waals surface area contributed by atoms with E-state index >= 15 is 0 Å². The summed E-state index contributed by atoms with van der Waals surface area (Å²) < 4.78 is 4.32. The van der Waals surface area contributed by atoms with Crippen LogP contribution in [0.5, 0.6) is 0 Å². The number of rotatable bonds is 2. The molecule has 0 saturated carbocycles. The number of ether oxygens (including phenoxy) is 1. The van der Waals surface area contributed by atoms with E-state index in [1.807, 2.05) is 0 Å². The average molecular weight is 253 g/mol. The first-order valence-electron chi connectivity index (χ1n) is 5.18. The molecule has 0 bridgehead atoms. The summed E-state index contributed by atoms with van der Waals surface area (Å²) >= 11 is 0. The number of hydrogen-bond donors (Lipinski definition) is 2. The van der Waals surface area contributed by atoms with E-state index in [1.54, 1.807) is 0 Å². The molecule has 1 aliphatic rings. The quantitative estimate of drug-likeness (QED) is 0.527. The minimum absolute atomic E-state index is 0.0285. The summed E-state index contributed by atoms with van der Waals surface area (Å²) in [5.41, 5.74) is 0.573. The highest BCUT2D eigenvalue weighted by Gasteiger charge is 2.36. The molecule has 2 heterocycles. The third-order valence-corrected chi connectivity index (χ3v) is 2.79. The van der Waals surface area contributed by atoms with Crippen molar-refractivity contribution < 1.29 is 24.2 Å². The van der Waals surface area contributed by atoms with E-state index < -0.39 is 17.8 Å². The molecule has 96 valence electrons. The SMILES string of the molecule is COC(=O)C(=O)N1CC(c2cc(C(=O)O)n[nH]2)C1. The van der Waals surface area contributed by atoms with Crippen molar-refractivity contribution in [2.24, 2.45) is 0 Å². The largest absolute Gasteiger partial charge is 0.476 e. The molecule has 0 aromatic carbocycles. The van der Waals surface area contributed by atoms with Crippen LogP contribution in [-0.4, -0.2) is 58.2 Å². The second-order valence-corrected chi connectivity index (χ2v) is 3.91. The van der Waals surface area contributed by atoms with Crippen LogP contribution >= 0.6 is 0 Å². The van der Waals surface area contributed by atoms with Crippen LogP contribution in [0.25, 0.3) is 0 Å². The number of carbonyl (C=O) groups is 3. The first-order valence-corrected chi connectivity index (χ1v) is 5.18. The summed E-state index contributed by atoms with van der Waals surface area (Å²) in [6, 6.07) is 1.42. The van der Waals surface area contributed by atoms with Crippen molar-refractivity contribution in [3.8, 4) is 0 Å². The minimum atomic E-state index is -1.11. The fraction of sp³-hybridized carbons (Fsp3) is 0.400. The predicted octanol–water partition coefficient (Wildman–Crippen LogP) is -0.793. The van der Waals surface area contributed by atoms with Crippen LogP contribution in [-0.2, 0) is 14.3 Å². The van der Waals surface area contributed by atoms with E-state index in [0.717, 1.165) is 7.11 Å². The van der Waals surface area contributed by atoms with E-state index in [0.29, 0.717) is 18.8 Å². The molecular formula is C10H11N3O5. The Morgan fingerprint density at radius 1 is 1.50 bits per heavy atom. The molecule has 2 N–H and O–H groups in total. The topological polar surface area (TPSA) is 113 Å². The lowest BCUT2D eigenvalue weighted by molar-refractivity contribution is -0.160. The van der Waals surface area contributed by atoms with Gasteiger partial charge in [0.25, 0.3) is 0 Å². The molecule has 1 aliphatic heterocycles. The van der Waals surface area contributed by atoms with Gasteiger partial charge in [-0.15, -0.1) is 0 Å². The Hall–Kier alpha value is -2.38. The highest BCUT2D eigenvalue weighted by molar-refractivity contribution is 6.32. The van der Waals surface area contributed by atoms with Crippen molar-refractivity contribution >= 4 is 17.8 Å². The van der Waals surface area contributed by atoms with Crippen LogP contribution in [0.1, 0.15) is 22.1 Å². The van der Waals surface area contributed by atoms with Gasteiger partial charge in [0.1, 0.15) is 0 Å². The number of aromatic amines is 1. The molecule has 0 spiro atoms. The molecule has 1 aromatic heterocycles. The van der Waals surface area contributed by atoms with Gasteiger partial charge in [0.05, 0.1) is 7.11 Å². The van der Waals surface area contributed by atoms with Crippen molar-refractivity contribution in [2.45, 2.75) is 5.92 Å². The lowest BCUT2D eigenvalue weighted by Crippen LogP contribution is -2.51. The van der Waals surface area contributed by atoms with E-state index in [-0.39, 0.29) is 11.6 Å². The number of carboxylic acid groups (broad SMARTS) is 1. The Morgan fingerprint density at radius 2 is 2.17 bits per heavy atom. The summed E-state index contributed by atoms with van der Waals surface area (Å²) in [5.74, 6) is -2.73. The van der Waals surface area contributed by atoms with Crippen LogP contribution in [0.4, 0.5) is 0 Å². The molecule has 8 nitrogen and oxygen atoms in total. The standard InChI is InChI=1S/C10H11N3O5/c1-18-10(17)8(14)13-3-5(4-13)6-2-7(9(15)16)12-11-6/h2,5H,3-4H2,1H3,(H,11,12)(H,15,16). The third kappa shape index (κ3) is 2.04. The first kappa shape index (κ1) is 12.1. The van der Waals surface area contributed by atoms with Crippen molar-refractivity contribution in [2.75, 3.05) is 20.2 Å². The number of amides is 1. The van der Waals surface area contributed by atoms with Gasteiger partial charge in [-0.1, -0.05) is 0 Å². The molecule has 0 aliphatic carbocycles. The number of nitrogens with zero attached hydrogens (tertiary/aromatic N) is 2. The fourth-order valence-electron chi connectivity index (χ4n) is 1.71. The smallest absolute Gasteiger partial charge is 0.396 e. The van der Waals surface area contributed by atoms with Crippen molar-refractivity contribution in [1.29, 1.82) is 0 Å². The highest BCUT2D eigenvalue weighted by Crippen LogP contribution is 2.26.